The minimum Gasteiger partial charge on any atom is -0.315 e. The molecule has 0 aliphatic heterocycles. The summed E-state index contributed by atoms with van der Waals surface area (Å²) in [5.41, 5.74) is 0. The summed E-state index contributed by atoms with van der Waals surface area (Å²) in [4.78, 5) is 0. The van der Waals surface area contributed by atoms with Crippen LogP contribution in [0, 0.1) is 0 Å². The molecule has 0 spiro atoms. The van der Waals surface area contributed by atoms with Crippen LogP contribution in [-0.4, -0.2) is 18.5 Å². The van der Waals surface area contributed by atoms with Crippen molar-refractivity contribution in [3.63, 3.8) is 0 Å². The number of hydrogen-bond donors (Lipinski definition) is 1. The van der Waals surface area contributed by atoms with Crippen LogP contribution in [-0.2, 0) is 0 Å². The lowest BCUT2D eigenvalue weighted by Gasteiger charge is -2.07. The van der Waals surface area contributed by atoms with Crippen LogP contribution in [0.3, 0.4) is 0 Å². The van der Waals surface area contributed by atoms with Gasteiger partial charge in [-0.3, -0.25) is 0 Å². The maximum Gasteiger partial charge on any atom is 0.0460 e. The van der Waals surface area contributed by atoms with Gasteiger partial charge in [0.15, 0.2) is 0 Å². The number of hydrogen-bond acceptors (Lipinski definition) is 1. The lowest BCUT2D eigenvalue weighted by Crippen LogP contribution is -2.23. The lowest BCUT2D eigenvalue weighted by atomic mass is 10.2. The standard InChI is InChI=1S/C8H18ClN/c1-3-5-8(9)7-10-6-4-2/h8,10H,3-7H2,1-2H3. The predicted octanol–water partition coefficient (Wildman–Crippen LogP) is 2.39. The van der Waals surface area contributed by atoms with Crippen molar-refractivity contribution in [2.75, 3.05) is 13.1 Å². The van der Waals surface area contributed by atoms with Gasteiger partial charge in [-0.25, -0.2) is 0 Å². The lowest BCUT2D eigenvalue weighted by molar-refractivity contribution is 0.617. The Morgan fingerprint density at radius 1 is 1.30 bits per heavy atom. The SMILES string of the molecule is CCCNCC(Cl)CCC. The molecule has 0 aromatic carbocycles. The van der Waals surface area contributed by atoms with Crippen LogP contribution in [0.4, 0.5) is 0 Å². The van der Waals surface area contributed by atoms with Gasteiger partial charge >= 0.3 is 0 Å². The Bertz CT molecular complexity index is 66.3. The van der Waals surface area contributed by atoms with Crippen molar-refractivity contribution < 1.29 is 0 Å². The average molecular weight is 164 g/mol. The highest BCUT2D eigenvalue weighted by Crippen LogP contribution is 2.02. The number of rotatable bonds is 6. The molecule has 1 N–H and O–H groups in total. The molecule has 1 atom stereocenters. The summed E-state index contributed by atoms with van der Waals surface area (Å²) in [6.07, 6.45) is 3.50. The Kier molecular flexibility index (Phi) is 7.54. The Labute approximate surface area is 69.1 Å². The molecule has 62 valence electrons. The fraction of sp³-hybridized carbons (Fsp3) is 1.00. The summed E-state index contributed by atoms with van der Waals surface area (Å²) in [5, 5.41) is 3.62. The molecule has 0 aromatic heterocycles. The number of alkyl halides is 1. The highest BCUT2D eigenvalue weighted by Gasteiger charge is 1.99. The second kappa shape index (κ2) is 7.36. The molecule has 0 aromatic rings. The fourth-order valence-corrected chi connectivity index (χ4v) is 1.18. The van der Waals surface area contributed by atoms with Crippen LogP contribution in [0.1, 0.15) is 33.1 Å². The molecule has 0 aliphatic rings. The summed E-state index contributed by atoms with van der Waals surface area (Å²) >= 11 is 5.95. The molecule has 0 radical (unpaired) electrons. The van der Waals surface area contributed by atoms with Crippen molar-refractivity contribution in [3.05, 3.63) is 0 Å². The molecule has 0 bridgehead atoms. The van der Waals surface area contributed by atoms with Crippen LogP contribution in [0.15, 0.2) is 0 Å². The minimum absolute atomic E-state index is 0.330. The van der Waals surface area contributed by atoms with Crippen molar-refractivity contribution in [2.45, 2.75) is 38.5 Å². The maximum atomic E-state index is 5.95. The Balaban J connectivity index is 2.97. The van der Waals surface area contributed by atoms with Gasteiger partial charge in [-0.1, -0.05) is 20.3 Å². The van der Waals surface area contributed by atoms with Crippen LogP contribution in [0.5, 0.6) is 0 Å². The van der Waals surface area contributed by atoms with Gasteiger partial charge in [0, 0.05) is 11.9 Å². The molecule has 0 saturated heterocycles. The summed E-state index contributed by atoms with van der Waals surface area (Å²) in [7, 11) is 0. The first-order valence-electron chi connectivity index (χ1n) is 4.16. The fourth-order valence-electron chi connectivity index (χ4n) is 0.851. The molecule has 10 heavy (non-hydrogen) atoms. The van der Waals surface area contributed by atoms with E-state index in [0.29, 0.717) is 5.38 Å². The van der Waals surface area contributed by atoms with E-state index < -0.39 is 0 Å². The van der Waals surface area contributed by atoms with E-state index in [0.717, 1.165) is 19.5 Å². The molecule has 0 rings (SSSR count). The summed E-state index contributed by atoms with van der Waals surface area (Å²) < 4.78 is 0. The van der Waals surface area contributed by atoms with Crippen molar-refractivity contribution in [2.24, 2.45) is 0 Å². The first-order valence-corrected chi connectivity index (χ1v) is 4.59. The zero-order chi connectivity index (χ0) is 7.82. The van der Waals surface area contributed by atoms with E-state index in [1.165, 1.54) is 12.8 Å². The topological polar surface area (TPSA) is 12.0 Å². The Morgan fingerprint density at radius 3 is 2.50 bits per heavy atom. The van der Waals surface area contributed by atoms with Gasteiger partial charge in [0.05, 0.1) is 0 Å². The van der Waals surface area contributed by atoms with E-state index in [-0.39, 0.29) is 0 Å². The van der Waals surface area contributed by atoms with Crippen molar-refractivity contribution in [1.82, 2.24) is 5.32 Å². The zero-order valence-electron chi connectivity index (χ0n) is 6.99. The zero-order valence-corrected chi connectivity index (χ0v) is 7.75. The monoisotopic (exact) mass is 163 g/mol. The summed E-state index contributed by atoms with van der Waals surface area (Å²) in [6.45, 7) is 6.38. The van der Waals surface area contributed by atoms with Gasteiger partial charge in [0.2, 0.25) is 0 Å². The minimum atomic E-state index is 0.330. The van der Waals surface area contributed by atoms with Gasteiger partial charge in [0.1, 0.15) is 0 Å². The third-order valence-corrected chi connectivity index (χ3v) is 1.77. The highest BCUT2D eigenvalue weighted by atomic mass is 35.5. The molecule has 1 nitrogen and oxygen atoms in total. The van der Waals surface area contributed by atoms with Gasteiger partial charge in [-0.2, -0.15) is 0 Å². The van der Waals surface area contributed by atoms with Gasteiger partial charge in [0.25, 0.3) is 0 Å². The quantitative estimate of drug-likeness (QED) is 0.469. The van der Waals surface area contributed by atoms with Crippen molar-refractivity contribution >= 4 is 11.6 Å². The van der Waals surface area contributed by atoms with E-state index >= 15 is 0 Å². The third-order valence-electron chi connectivity index (χ3n) is 1.39. The van der Waals surface area contributed by atoms with E-state index in [1.807, 2.05) is 0 Å². The molecule has 0 amide bonds. The van der Waals surface area contributed by atoms with Crippen molar-refractivity contribution in [3.8, 4) is 0 Å². The molecule has 1 unspecified atom stereocenters. The normalized spacial score (nSPS) is 13.5. The predicted molar refractivity (Wildman–Crippen MR) is 47.7 cm³/mol. The Morgan fingerprint density at radius 2 is 2.00 bits per heavy atom. The van der Waals surface area contributed by atoms with Gasteiger partial charge < -0.3 is 5.32 Å². The van der Waals surface area contributed by atoms with E-state index in [9.17, 15) is 0 Å². The number of nitrogens with one attached hydrogen (secondary N) is 1. The first kappa shape index (κ1) is 10.2. The molecule has 0 aliphatic carbocycles. The van der Waals surface area contributed by atoms with E-state index in [2.05, 4.69) is 19.2 Å². The van der Waals surface area contributed by atoms with Crippen LogP contribution in [0.2, 0.25) is 0 Å². The molecule has 0 fully saturated rings. The summed E-state index contributed by atoms with van der Waals surface area (Å²) in [6, 6.07) is 0. The van der Waals surface area contributed by atoms with E-state index in [4.69, 9.17) is 11.6 Å². The third kappa shape index (κ3) is 6.37. The largest absolute Gasteiger partial charge is 0.315 e. The van der Waals surface area contributed by atoms with Crippen LogP contribution < -0.4 is 5.32 Å². The van der Waals surface area contributed by atoms with Gasteiger partial charge in [-0.05, 0) is 19.4 Å². The molecule has 0 heterocycles. The average Bonchev–Trinajstić information content (AvgIpc) is 1.89. The maximum absolute atomic E-state index is 5.95. The molecule has 2 heteroatoms. The van der Waals surface area contributed by atoms with Crippen LogP contribution >= 0.6 is 11.6 Å². The second-order valence-electron chi connectivity index (χ2n) is 2.59. The Hall–Kier alpha value is 0.250. The van der Waals surface area contributed by atoms with Crippen molar-refractivity contribution in [1.29, 1.82) is 0 Å². The molecular formula is C8H18ClN. The highest BCUT2D eigenvalue weighted by molar-refractivity contribution is 6.20. The molecule has 0 saturated carbocycles. The number of halogens is 1. The second-order valence-corrected chi connectivity index (χ2v) is 3.21. The smallest absolute Gasteiger partial charge is 0.0460 e. The molecular weight excluding hydrogens is 146 g/mol. The first-order chi connectivity index (χ1) is 4.81. The summed E-state index contributed by atoms with van der Waals surface area (Å²) in [5.74, 6) is 0. The van der Waals surface area contributed by atoms with E-state index in [1.54, 1.807) is 0 Å². The van der Waals surface area contributed by atoms with Crippen LogP contribution in [0.25, 0.3) is 0 Å². The van der Waals surface area contributed by atoms with Gasteiger partial charge in [-0.15, -0.1) is 11.6 Å².